The summed E-state index contributed by atoms with van der Waals surface area (Å²) in [7, 11) is 3.24. The van der Waals surface area contributed by atoms with Crippen molar-refractivity contribution in [3.63, 3.8) is 0 Å². The highest BCUT2D eigenvalue weighted by molar-refractivity contribution is 5.84. The zero-order valence-electron chi connectivity index (χ0n) is 11.4. The van der Waals surface area contributed by atoms with Gasteiger partial charge in [-0.1, -0.05) is 0 Å². The second kappa shape index (κ2) is 5.51. The number of ether oxygens (including phenoxy) is 2. The third kappa shape index (κ3) is 2.73. The van der Waals surface area contributed by atoms with Crippen LogP contribution >= 0.6 is 0 Å². The fourth-order valence-electron chi connectivity index (χ4n) is 1.69. The normalized spacial score (nSPS) is 10.9. The van der Waals surface area contributed by atoms with E-state index in [1.54, 1.807) is 25.1 Å². The van der Waals surface area contributed by atoms with Crippen LogP contribution in [0.15, 0.2) is 23.3 Å². The molecule has 0 aliphatic carbocycles. The van der Waals surface area contributed by atoms with Gasteiger partial charge in [0.15, 0.2) is 11.6 Å². The van der Waals surface area contributed by atoms with Crippen LogP contribution in [0.5, 0.6) is 11.5 Å². The zero-order chi connectivity index (χ0) is 13.8. The van der Waals surface area contributed by atoms with E-state index in [9.17, 15) is 0 Å². The number of aryl methyl sites for hydroxylation is 2. The SMILES string of the molecule is COc1ccc(OC)c(C=Nn2c(C)nnc2C)c1. The van der Waals surface area contributed by atoms with Crippen LogP contribution in [0.4, 0.5) is 0 Å². The maximum atomic E-state index is 5.29. The molecule has 0 atom stereocenters. The molecule has 0 aliphatic rings. The number of hydrogen-bond donors (Lipinski definition) is 0. The molecule has 0 amide bonds. The standard InChI is InChI=1S/C13H16N4O2/c1-9-15-16-10(2)17(9)14-8-11-7-12(18-3)5-6-13(11)19-4/h5-8H,1-4H3. The van der Waals surface area contributed by atoms with Gasteiger partial charge < -0.3 is 9.47 Å². The summed E-state index contributed by atoms with van der Waals surface area (Å²) < 4.78 is 12.1. The number of methoxy groups -OCH3 is 2. The van der Waals surface area contributed by atoms with Crippen LogP contribution in [-0.2, 0) is 0 Å². The summed E-state index contributed by atoms with van der Waals surface area (Å²) in [6.07, 6.45) is 1.70. The molecule has 2 rings (SSSR count). The molecule has 0 spiro atoms. The lowest BCUT2D eigenvalue weighted by Crippen LogP contribution is -1.98. The average molecular weight is 260 g/mol. The molecule has 1 aromatic carbocycles. The number of nitrogens with zero attached hydrogens (tertiary/aromatic N) is 4. The van der Waals surface area contributed by atoms with Crippen molar-refractivity contribution in [2.45, 2.75) is 13.8 Å². The summed E-state index contributed by atoms with van der Waals surface area (Å²) >= 11 is 0. The fraction of sp³-hybridized carbons (Fsp3) is 0.308. The zero-order valence-corrected chi connectivity index (χ0v) is 11.4. The Labute approximate surface area is 111 Å². The van der Waals surface area contributed by atoms with E-state index >= 15 is 0 Å². The summed E-state index contributed by atoms with van der Waals surface area (Å²) in [5, 5.41) is 12.2. The summed E-state index contributed by atoms with van der Waals surface area (Å²) in [6.45, 7) is 3.69. The first-order valence-corrected chi connectivity index (χ1v) is 5.80. The first-order valence-electron chi connectivity index (χ1n) is 5.80. The summed E-state index contributed by atoms with van der Waals surface area (Å²) in [4.78, 5) is 0. The largest absolute Gasteiger partial charge is 0.497 e. The molecular weight excluding hydrogens is 244 g/mol. The van der Waals surface area contributed by atoms with E-state index in [4.69, 9.17) is 9.47 Å². The number of aromatic nitrogens is 3. The Balaban J connectivity index is 2.37. The van der Waals surface area contributed by atoms with Crippen molar-refractivity contribution in [3.8, 4) is 11.5 Å². The van der Waals surface area contributed by atoms with Gasteiger partial charge in [0, 0.05) is 5.56 Å². The van der Waals surface area contributed by atoms with Gasteiger partial charge in [0.1, 0.15) is 11.5 Å². The summed E-state index contributed by atoms with van der Waals surface area (Å²) in [6, 6.07) is 5.54. The van der Waals surface area contributed by atoms with E-state index in [0.717, 1.165) is 28.7 Å². The van der Waals surface area contributed by atoms with Gasteiger partial charge in [0.2, 0.25) is 0 Å². The third-order valence-electron chi connectivity index (χ3n) is 2.70. The van der Waals surface area contributed by atoms with E-state index < -0.39 is 0 Å². The predicted octanol–water partition coefficient (Wildman–Crippen LogP) is 1.79. The maximum absolute atomic E-state index is 5.29. The van der Waals surface area contributed by atoms with Crippen molar-refractivity contribution in [3.05, 3.63) is 35.4 Å². The van der Waals surface area contributed by atoms with Crippen LogP contribution < -0.4 is 9.47 Å². The van der Waals surface area contributed by atoms with Gasteiger partial charge in [-0.25, -0.2) is 4.68 Å². The molecule has 0 N–H and O–H groups in total. The van der Waals surface area contributed by atoms with E-state index in [1.165, 1.54) is 0 Å². The second-order valence-electron chi connectivity index (χ2n) is 3.96. The molecule has 0 saturated carbocycles. The van der Waals surface area contributed by atoms with E-state index in [1.807, 2.05) is 32.0 Å². The van der Waals surface area contributed by atoms with Crippen LogP contribution in [-0.4, -0.2) is 35.3 Å². The number of hydrogen-bond acceptors (Lipinski definition) is 5. The Morgan fingerprint density at radius 3 is 2.37 bits per heavy atom. The van der Waals surface area contributed by atoms with Crippen molar-refractivity contribution in [2.24, 2.45) is 5.10 Å². The Morgan fingerprint density at radius 1 is 1.11 bits per heavy atom. The van der Waals surface area contributed by atoms with Crippen molar-refractivity contribution in [1.82, 2.24) is 14.9 Å². The summed E-state index contributed by atoms with van der Waals surface area (Å²) in [5.74, 6) is 2.94. The van der Waals surface area contributed by atoms with Crippen LogP contribution in [0.2, 0.25) is 0 Å². The molecule has 6 nitrogen and oxygen atoms in total. The van der Waals surface area contributed by atoms with Crippen LogP contribution in [0, 0.1) is 13.8 Å². The van der Waals surface area contributed by atoms with Gasteiger partial charge in [-0.05, 0) is 32.0 Å². The second-order valence-corrected chi connectivity index (χ2v) is 3.96. The molecule has 6 heteroatoms. The highest BCUT2D eigenvalue weighted by Crippen LogP contribution is 2.22. The lowest BCUT2D eigenvalue weighted by molar-refractivity contribution is 0.402. The fourth-order valence-corrected chi connectivity index (χ4v) is 1.69. The van der Waals surface area contributed by atoms with Crippen molar-refractivity contribution in [1.29, 1.82) is 0 Å². The molecular formula is C13H16N4O2. The van der Waals surface area contributed by atoms with E-state index in [2.05, 4.69) is 15.3 Å². The van der Waals surface area contributed by atoms with Crippen molar-refractivity contribution >= 4 is 6.21 Å². The first-order chi connectivity index (χ1) is 9.15. The molecule has 1 heterocycles. The van der Waals surface area contributed by atoms with Gasteiger partial charge in [0.25, 0.3) is 0 Å². The quantitative estimate of drug-likeness (QED) is 0.786. The molecule has 0 radical (unpaired) electrons. The van der Waals surface area contributed by atoms with E-state index in [0.29, 0.717) is 0 Å². The number of rotatable bonds is 4. The Kier molecular flexibility index (Phi) is 3.79. The van der Waals surface area contributed by atoms with Gasteiger partial charge in [-0.3, -0.25) is 0 Å². The molecule has 1 aromatic heterocycles. The Bertz CT molecular complexity index is 585. The monoisotopic (exact) mass is 260 g/mol. The highest BCUT2D eigenvalue weighted by Gasteiger charge is 2.05. The molecule has 100 valence electrons. The molecule has 0 unspecified atom stereocenters. The topological polar surface area (TPSA) is 61.5 Å². The molecule has 0 fully saturated rings. The van der Waals surface area contributed by atoms with Gasteiger partial charge in [-0.15, -0.1) is 10.2 Å². The van der Waals surface area contributed by atoms with E-state index in [-0.39, 0.29) is 0 Å². The minimum atomic E-state index is 0.730. The van der Waals surface area contributed by atoms with Crippen LogP contribution in [0.25, 0.3) is 0 Å². The minimum absolute atomic E-state index is 0.730. The Hall–Kier alpha value is -2.37. The summed E-state index contributed by atoms with van der Waals surface area (Å²) in [5.41, 5.74) is 0.828. The van der Waals surface area contributed by atoms with Crippen LogP contribution in [0.1, 0.15) is 17.2 Å². The smallest absolute Gasteiger partial charge is 0.151 e. The predicted molar refractivity (Wildman–Crippen MR) is 72.0 cm³/mol. The molecule has 0 saturated heterocycles. The highest BCUT2D eigenvalue weighted by atomic mass is 16.5. The maximum Gasteiger partial charge on any atom is 0.151 e. The molecule has 0 aliphatic heterocycles. The molecule has 2 aromatic rings. The van der Waals surface area contributed by atoms with Crippen molar-refractivity contribution < 1.29 is 9.47 Å². The number of benzene rings is 1. The Morgan fingerprint density at radius 2 is 1.79 bits per heavy atom. The lowest BCUT2D eigenvalue weighted by Gasteiger charge is -2.06. The van der Waals surface area contributed by atoms with Gasteiger partial charge in [-0.2, -0.15) is 5.10 Å². The average Bonchev–Trinajstić information content (AvgIpc) is 2.75. The first kappa shape index (κ1) is 13.1. The minimum Gasteiger partial charge on any atom is -0.497 e. The third-order valence-corrected chi connectivity index (χ3v) is 2.70. The van der Waals surface area contributed by atoms with Gasteiger partial charge in [0.05, 0.1) is 20.4 Å². The van der Waals surface area contributed by atoms with Crippen molar-refractivity contribution in [2.75, 3.05) is 14.2 Å². The molecule has 0 bridgehead atoms. The molecule has 19 heavy (non-hydrogen) atoms. The lowest BCUT2D eigenvalue weighted by atomic mass is 10.2. The van der Waals surface area contributed by atoms with Crippen LogP contribution in [0.3, 0.4) is 0 Å². The van der Waals surface area contributed by atoms with Gasteiger partial charge >= 0.3 is 0 Å².